The van der Waals surface area contributed by atoms with E-state index in [9.17, 15) is 9.59 Å². The van der Waals surface area contributed by atoms with Gasteiger partial charge in [-0.15, -0.1) is 0 Å². The Kier molecular flexibility index (Phi) is 3.38. The van der Waals surface area contributed by atoms with Gasteiger partial charge in [0.25, 0.3) is 5.91 Å². The van der Waals surface area contributed by atoms with E-state index in [2.05, 4.69) is 0 Å². The molecule has 2 aromatic carbocycles. The van der Waals surface area contributed by atoms with Crippen LogP contribution in [0.4, 0.5) is 5.69 Å². The summed E-state index contributed by atoms with van der Waals surface area (Å²) in [7, 11) is 0. The van der Waals surface area contributed by atoms with E-state index in [1.807, 2.05) is 62.4 Å². The first kappa shape index (κ1) is 16.4. The fourth-order valence-corrected chi connectivity index (χ4v) is 4.24. The van der Waals surface area contributed by atoms with Crippen molar-refractivity contribution >= 4 is 23.2 Å². The predicted molar refractivity (Wildman–Crippen MR) is 100.0 cm³/mol. The highest BCUT2D eigenvalue weighted by molar-refractivity contribution is 6.24. The molecule has 6 nitrogen and oxygen atoms in total. The third-order valence-corrected chi connectivity index (χ3v) is 5.54. The first-order valence-corrected chi connectivity index (χ1v) is 9.03. The Bertz CT molecular complexity index is 955. The average molecular weight is 361 g/mol. The first-order valence-electron chi connectivity index (χ1n) is 9.03. The summed E-state index contributed by atoms with van der Waals surface area (Å²) in [6.45, 7) is 4.01. The summed E-state index contributed by atoms with van der Waals surface area (Å²) in [5.74, 6) is -1.20. The van der Waals surface area contributed by atoms with Crippen molar-refractivity contribution in [2.24, 2.45) is 10.9 Å². The number of hydrogen-bond acceptors (Lipinski definition) is 5. The number of anilines is 1. The van der Waals surface area contributed by atoms with Gasteiger partial charge in [0.15, 0.2) is 6.10 Å². The zero-order valence-electron chi connectivity index (χ0n) is 15.1. The molecule has 3 heterocycles. The van der Waals surface area contributed by atoms with Crippen molar-refractivity contribution in [2.45, 2.75) is 31.7 Å². The predicted octanol–water partition coefficient (Wildman–Crippen LogP) is 2.40. The molecule has 0 aromatic heterocycles. The van der Waals surface area contributed by atoms with E-state index in [4.69, 9.17) is 9.83 Å². The molecule has 2 saturated heterocycles. The van der Waals surface area contributed by atoms with Gasteiger partial charge in [-0.1, -0.05) is 48.5 Å². The van der Waals surface area contributed by atoms with Gasteiger partial charge in [-0.2, -0.15) is 5.06 Å². The molecule has 0 spiro atoms. The van der Waals surface area contributed by atoms with Crippen LogP contribution in [0.1, 0.15) is 19.4 Å². The number of nitrogens with zero attached hydrogens (tertiary/aromatic N) is 3. The number of aliphatic imine (C=N–C) groups is 1. The summed E-state index contributed by atoms with van der Waals surface area (Å²) in [4.78, 5) is 38.1. The van der Waals surface area contributed by atoms with Gasteiger partial charge in [-0.25, -0.2) is 4.90 Å². The van der Waals surface area contributed by atoms with Gasteiger partial charge in [0.2, 0.25) is 5.91 Å². The second-order valence-electron chi connectivity index (χ2n) is 7.54. The number of benzene rings is 2. The number of carbonyl (C=O) groups excluding carboxylic acids is 2. The SMILES string of the molecule is CC1(C)C(c2ccccc2)=NC2C3C(=O)N(c4ccccc4)C(=O)C3ON21. The summed E-state index contributed by atoms with van der Waals surface area (Å²) >= 11 is 0. The van der Waals surface area contributed by atoms with E-state index >= 15 is 0 Å². The molecule has 3 unspecified atom stereocenters. The molecule has 2 fully saturated rings. The highest BCUT2D eigenvalue weighted by Gasteiger charge is 2.65. The molecule has 3 aliphatic heterocycles. The van der Waals surface area contributed by atoms with Gasteiger partial charge in [-0.05, 0) is 31.5 Å². The molecule has 3 aliphatic rings. The van der Waals surface area contributed by atoms with Crippen molar-refractivity contribution < 1.29 is 14.4 Å². The Morgan fingerprint density at radius 3 is 2.22 bits per heavy atom. The van der Waals surface area contributed by atoms with Crippen LogP contribution in [0.15, 0.2) is 65.7 Å². The van der Waals surface area contributed by atoms with Gasteiger partial charge in [0, 0.05) is 0 Å². The summed E-state index contributed by atoms with van der Waals surface area (Å²) in [6.07, 6.45) is -1.31. The maximum atomic E-state index is 13.1. The van der Waals surface area contributed by atoms with Crippen LogP contribution in [-0.4, -0.2) is 40.4 Å². The molecule has 0 aliphatic carbocycles. The fraction of sp³-hybridized carbons (Fsp3) is 0.286. The van der Waals surface area contributed by atoms with Gasteiger partial charge in [-0.3, -0.25) is 19.4 Å². The van der Waals surface area contributed by atoms with E-state index in [0.29, 0.717) is 5.69 Å². The average Bonchev–Trinajstić information content (AvgIpc) is 3.26. The topological polar surface area (TPSA) is 62.2 Å². The second-order valence-corrected chi connectivity index (χ2v) is 7.54. The van der Waals surface area contributed by atoms with Crippen molar-refractivity contribution in [2.75, 3.05) is 4.90 Å². The van der Waals surface area contributed by atoms with Crippen LogP contribution < -0.4 is 4.90 Å². The van der Waals surface area contributed by atoms with E-state index in [1.54, 1.807) is 17.2 Å². The van der Waals surface area contributed by atoms with Crippen molar-refractivity contribution in [3.05, 3.63) is 66.2 Å². The molecule has 2 aromatic rings. The summed E-state index contributed by atoms with van der Waals surface area (Å²) < 4.78 is 0. The molecule has 5 rings (SSSR count). The number of hydroxylamine groups is 2. The lowest BCUT2D eigenvalue weighted by Gasteiger charge is -2.31. The Hall–Kier alpha value is -2.83. The lowest BCUT2D eigenvalue weighted by Crippen LogP contribution is -2.48. The molecule has 0 N–H and O–H groups in total. The molecule has 0 radical (unpaired) electrons. The smallest absolute Gasteiger partial charge is 0.266 e. The van der Waals surface area contributed by atoms with E-state index in [1.165, 1.54) is 4.90 Å². The number of hydrogen-bond donors (Lipinski definition) is 0. The molecule has 2 amide bonds. The lowest BCUT2D eigenvalue weighted by atomic mass is 9.93. The van der Waals surface area contributed by atoms with Crippen molar-refractivity contribution in [1.29, 1.82) is 0 Å². The van der Waals surface area contributed by atoms with Crippen LogP contribution in [0.25, 0.3) is 0 Å². The standard InChI is InChI=1S/C21H19N3O3/c1-21(2)17(13-9-5-3-6-10-13)22-18-15-16(27-24(18)21)20(26)23(19(15)25)14-11-7-4-8-12-14/h3-12,15-16,18H,1-2H3. The Morgan fingerprint density at radius 1 is 0.926 bits per heavy atom. The minimum absolute atomic E-state index is 0.252. The highest BCUT2D eigenvalue weighted by atomic mass is 16.7. The Labute approximate surface area is 157 Å². The fourth-order valence-electron chi connectivity index (χ4n) is 4.24. The van der Waals surface area contributed by atoms with Gasteiger partial charge >= 0.3 is 0 Å². The lowest BCUT2D eigenvalue weighted by molar-refractivity contribution is -0.191. The van der Waals surface area contributed by atoms with Crippen LogP contribution in [0.3, 0.4) is 0 Å². The summed E-state index contributed by atoms with van der Waals surface area (Å²) in [6, 6.07) is 18.8. The molecule has 136 valence electrons. The highest BCUT2D eigenvalue weighted by Crippen LogP contribution is 2.45. The van der Waals surface area contributed by atoms with Crippen molar-refractivity contribution in [1.82, 2.24) is 5.06 Å². The number of carbonyl (C=O) groups is 2. The molecule has 0 bridgehead atoms. The quantitative estimate of drug-likeness (QED) is 0.771. The number of fused-ring (bicyclic) bond motifs is 3. The zero-order chi connectivity index (χ0) is 18.8. The largest absolute Gasteiger partial charge is 0.282 e. The van der Waals surface area contributed by atoms with Crippen molar-refractivity contribution in [3.63, 3.8) is 0 Å². The second kappa shape index (κ2) is 5.58. The Morgan fingerprint density at radius 2 is 1.56 bits per heavy atom. The van der Waals surface area contributed by atoms with Crippen LogP contribution in [-0.2, 0) is 14.4 Å². The minimum atomic E-state index is -0.817. The number of para-hydroxylation sites is 1. The molecule has 0 saturated carbocycles. The third-order valence-electron chi connectivity index (χ3n) is 5.54. The van der Waals surface area contributed by atoms with E-state index in [-0.39, 0.29) is 11.8 Å². The zero-order valence-corrected chi connectivity index (χ0v) is 15.1. The third kappa shape index (κ3) is 2.17. The molecule has 6 heteroatoms. The number of imide groups is 1. The first-order chi connectivity index (χ1) is 13.0. The minimum Gasteiger partial charge on any atom is -0.282 e. The maximum absolute atomic E-state index is 13.1. The van der Waals surface area contributed by atoms with E-state index < -0.39 is 23.7 Å². The van der Waals surface area contributed by atoms with E-state index in [0.717, 1.165) is 11.3 Å². The van der Waals surface area contributed by atoms with Gasteiger partial charge in [0.05, 0.1) is 16.9 Å². The van der Waals surface area contributed by atoms with Crippen LogP contribution >= 0.6 is 0 Å². The van der Waals surface area contributed by atoms with Crippen molar-refractivity contribution in [3.8, 4) is 0 Å². The monoisotopic (exact) mass is 361 g/mol. The molecule has 3 atom stereocenters. The Balaban J connectivity index is 1.54. The number of amides is 2. The van der Waals surface area contributed by atoms with Crippen LogP contribution in [0, 0.1) is 5.92 Å². The van der Waals surface area contributed by atoms with Crippen LogP contribution in [0.2, 0.25) is 0 Å². The summed E-state index contributed by atoms with van der Waals surface area (Å²) in [5, 5.41) is 1.72. The maximum Gasteiger partial charge on any atom is 0.266 e. The van der Waals surface area contributed by atoms with Gasteiger partial charge < -0.3 is 0 Å². The molecular formula is C21H19N3O3. The molecular weight excluding hydrogens is 342 g/mol. The molecule has 27 heavy (non-hydrogen) atoms. The van der Waals surface area contributed by atoms with Gasteiger partial charge in [0.1, 0.15) is 12.1 Å². The summed E-state index contributed by atoms with van der Waals surface area (Å²) in [5.41, 5.74) is 1.90. The van der Waals surface area contributed by atoms with Crippen LogP contribution in [0.5, 0.6) is 0 Å². The normalized spacial score (nSPS) is 29.0. The number of rotatable bonds is 2.